The van der Waals surface area contributed by atoms with E-state index in [4.69, 9.17) is 4.98 Å². The Labute approximate surface area is 213 Å². The van der Waals surface area contributed by atoms with Crippen molar-refractivity contribution in [3.05, 3.63) is 83.4 Å². The number of hydrogen-bond donors (Lipinski definition) is 2. The fraction of sp³-hybridized carbons (Fsp3) is 0.172. The average molecular weight is 495 g/mol. The Bertz CT molecular complexity index is 1640. The molecule has 6 nitrogen and oxygen atoms in total. The lowest BCUT2D eigenvalue weighted by atomic mass is 10.0. The number of fused-ring (bicyclic) bond motifs is 2. The van der Waals surface area contributed by atoms with Crippen molar-refractivity contribution in [2.24, 2.45) is 5.92 Å². The fourth-order valence-electron chi connectivity index (χ4n) is 3.92. The van der Waals surface area contributed by atoms with E-state index in [1.54, 1.807) is 0 Å². The van der Waals surface area contributed by atoms with Crippen LogP contribution >= 0.6 is 11.3 Å². The molecular formula is C29H26N4O2S. The molecule has 3 aromatic carbocycles. The van der Waals surface area contributed by atoms with Crippen molar-refractivity contribution < 1.29 is 9.59 Å². The number of thiazole rings is 1. The summed E-state index contributed by atoms with van der Waals surface area (Å²) in [6.07, 6.45) is 0. The first-order chi connectivity index (χ1) is 17.3. The van der Waals surface area contributed by atoms with Crippen molar-refractivity contribution in [1.82, 2.24) is 9.97 Å². The summed E-state index contributed by atoms with van der Waals surface area (Å²) in [5, 5.41) is 7.20. The molecule has 0 atom stereocenters. The second-order valence-corrected chi connectivity index (χ2v) is 10.2. The van der Waals surface area contributed by atoms with Gasteiger partial charge in [0.1, 0.15) is 0 Å². The van der Waals surface area contributed by atoms with E-state index in [2.05, 4.69) is 41.6 Å². The molecule has 0 radical (unpaired) electrons. The summed E-state index contributed by atoms with van der Waals surface area (Å²) in [6, 6.07) is 21.3. The Morgan fingerprint density at radius 1 is 0.833 bits per heavy atom. The first-order valence-corrected chi connectivity index (χ1v) is 12.6. The van der Waals surface area contributed by atoms with E-state index in [9.17, 15) is 9.59 Å². The predicted molar refractivity (Wildman–Crippen MR) is 148 cm³/mol. The number of para-hydroxylation sites is 1. The number of amides is 2. The molecular weight excluding hydrogens is 468 g/mol. The molecule has 7 heteroatoms. The maximum atomic E-state index is 13.5. The number of nitrogens with zero attached hydrogens (tertiary/aromatic N) is 2. The predicted octanol–water partition coefficient (Wildman–Crippen LogP) is 6.98. The van der Waals surface area contributed by atoms with E-state index < -0.39 is 0 Å². The third-order valence-electron chi connectivity index (χ3n) is 6.16. The number of carbonyl (C=O) groups is 2. The van der Waals surface area contributed by atoms with E-state index in [1.165, 1.54) is 22.5 Å². The molecule has 0 spiro atoms. The first kappa shape index (κ1) is 23.6. The minimum Gasteiger partial charge on any atom is -0.322 e. The number of rotatable bonds is 5. The summed E-state index contributed by atoms with van der Waals surface area (Å²) in [4.78, 5) is 34.8. The van der Waals surface area contributed by atoms with Crippen LogP contribution in [0.4, 0.5) is 10.8 Å². The normalized spacial score (nSPS) is 11.2. The van der Waals surface area contributed by atoms with E-state index in [1.807, 2.05) is 68.4 Å². The van der Waals surface area contributed by atoms with Gasteiger partial charge < -0.3 is 10.6 Å². The second kappa shape index (κ2) is 9.51. The lowest BCUT2D eigenvalue weighted by Gasteiger charge is -2.12. The van der Waals surface area contributed by atoms with Crippen LogP contribution in [0.1, 0.15) is 35.3 Å². The van der Waals surface area contributed by atoms with Gasteiger partial charge in [-0.15, -0.1) is 0 Å². The van der Waals surface area contributed by atoms with Gasteiger partial charge in [-0.1, -0.05) is 55.5 Å². The number of carbonyl (C=O) groups excluding carboxylic acids is 2. The van der Waals surface area contributed by atoms with Crippen molar-refractivity contribution in [3.8, 4) is 11.3 Å². The highest BCUT2D eigenvalue weighted by Gasteiger charge is 2.16. The Morgan fingerprint density at radius 2 is 1.64 bits per heavy atom. The summed E-state index contributed by atoms with van der Waals surface area (Å²) in [5.41, 5.74) is 6.77. The monoisotopic (exact) mass is 494 g/mol. The molecule has 2 heterocycles. The Hall–Kier alpha value is -4.10. The quantitative estimate of drug-likeness (QED) is 0.276. The van der Waals surface area contributed by atoms with Gasteiger partial charge in [0, 0.05) is 22.6 Å². The van der Waals surface area contributed by atoms with Gasteiger partial charge in [-0.2, -0.15) is 0 Å². The van der Waals surface area contributed by atoms with Crippen LogP contribution in [0.15, 0.2) is 66.7 Å². The molecule has 2 aromatic heterocycles. The highest BCUT2D eigenvalue weighted by Crippen LogP contribution is 2.30. The minimum atomic E-state index is -0.221. The minimum absolute atomic E-state index is 0.0771. The lowest BCUT2D eigenvalue weighted by Crippen LogP contribution is -2.17. The van der Waals surface area contributed by atoms with Crippen molar-refractivity contribution in [2.45, 2.75) is 27.7 Å². The zero-order valence-corrected chi connectivity index (χ0v) is 21.4. The number of pyridine rings is 1. The van der Waals surface area contributed by atoms with Crippen molar-refractivity contribution >= 4 is 55.1 Å². The molecule has 2 amide bonds. The van der Waals surface area contributed by atoms with Crippen LogP contribution in [0.25, 0.3) is 32.4 Å². The molecule has 0 bridgehead atoms. The first-order valence-electron chi connectivity index (χ1n) is 11.8. The largest absolute Gasteiger partial charge is 0.322 e. The van der Waals surface area contributed by atoms with E-state index in [0.717, 1.165) is 26.9 Å². The summed E-state index contributed by atoms with van der Waals surface area (Å²) in [7, 11) is 0. The molecule has 36 heavy (non-hydrogen) atoms. The average Bonchev–Trinajstić information content (AvgIpc) is 3.26. The van der Waals surface area contributed by atoms with Crippen LogP contribution in [0.2, 0.25) is 0 Å². The van der Waals surface area contributed by atoms with Crippen LogP contribution in [-0.2, 0) is 4.79 Å². The van der Waals surface area contributed by atoms with E-state index in [-0.39, 0.29) is 17.7 Å². The topological polar surface area (TPSA) is 84.0 Å². The molecule has 5 rings (SSSR count). The van der Waals surface area contributed by atoms with Crippen LogP contribution in [0.3, 0.4) is 0 Å². The smallest absolute Gasteiger partial charge is 0.256 e. The zero-order chi connectivity index (χ0) is 25.4. The summed E-state index contributed by atoms with van der Waals surface area (Å²) < 4.78 is 0.929. The van der Waals surface area contributed by atoms with Gasteiger partial charge >= 0.3 is 0 Å². The van der Waals surface area contributed by atoms with Crippen molar-refractivity contribution in [2.75, 3.05) is 10.6 Å². The highest BCUT2D eigenvalue weighted by molar-refractivity contribution is 7.22. The maximum absolute atomic E-state index is 13.5. The number of benzene rings is 3. The van der Waals surface area contributed by atoms with Gasteiger partial charge in [0.15, 0.2) is 5.13 Å². The zero-order valence-electron chi connectivity index (χ0n) is 20.5. The number of aromatic nitrogens is 2. The number of nitrogens with one attached hydrogen (secondary N) is 2. The fourth-order valence-corrected chi connectivity index (χ4v) is 4.77. The molecule has 0 aliphatic carbocycles. The molecule has 0 saturated heterocycles. The molecule has 0 fully saturated rings. The third kappa shape index (κ3) is 4.70. The van der Waals surface area contributed by atoms with Gasteiger partial charge in [-0.25, -0.2) is 9.97 Å². The van der Waals surface area contributed by atoms with E-state index >= 15 is 0 Å². The molecule has 0 aliphatic heterocycles. The van der Waals surface area contributed by atoms with Crippen LogP contribution < -0.4 is 10.6 Å². The maximum Gasteiger partial charge on any atom is 0.256 e. The molecule has 5 aromatic rings. The van der Waals surface area contributed by atoms with Crippen LogP contribution in [-0.4, -0.2) is 21.8 Å². The van der Waals surface area contributed by atoms with Gasteiger partial charge in [0.05, 0.1) is 27.0 Å². The SMILES string of the molecule is Cc1ccc(-c2cc(C(=O)Nc3ccc4sc(NC(=O)C(C)C)nc4c3)c3ccccc3n2)cc1C. The second-order valence-electron chi connectivity index (χ2n) is 9.17. The van der Waals surface area contributed by atoms with Crippen molar-refractivity contribution in [3.63, 3.8) is 0 Å². The molecule has 2 N–H and O–H groups in total. The van der Waals surface area contributed by atoms with Gasteiger partial charge in [-0.3, -0.25) is 9.59 Å². The van der Waals surface area contributed by atoms with Gasteiger partial charge in [-0.05, 0) is 61.4 Å². The molecule has 0 unspecified atom stereocenters. The van der Waals surface area contributed by atoms with Gasteiger partial charge in [0.2, 0.25) is 5.91 Å². The van der Waals surface area contributed by atoms with Crippen LogP contribution in [0.5, 0.6) is 0 Å². The van der Waals surface area contributed by atoms with E-state index in [0.29, 0.717) is 21.9 Å². The summed E-state index contributed by atoms with van der Waals surface area (Å²) in [5.74, 6) is -0.427. The van der Waals surface area contributed by atoms with Gasteiger partial charge in [0.25, 0.3) is 5.91 Å². The van der Waals surface area contributed by atoms with Crippen molar-refractivity contribution in [1.29, 1.82) is 0 Å². The molecule has 180 valence electrons. The summed E-state index contributed by atoms with van der Waals surface area (Å²) in [6.45, 7) is 7.82. The Kier molecular flexibility index (Phi) is 6.24. The Balaban J connectivity index is 1.48. The van der Waals surface area contributed by atoms with Crippen LogP contribution in [0, 0.1) is 19.8 Å². The third-order valence-corrected chi connectivity index (χ3v) is 7.12. The molecule has 0 aliphatic rings. The number of hydrogen-bond acceptors (Lipinski definition) is 5. The summed E-state index contributed by atoms with van der Waals surface area (Å²) >= 11 is 1.41. The lowest BCUT2D eigenvalue weighted by molar-refractivity contribution is -0.118. The number of anilines is 2. The number of aryl methyl sites for hydroxylation is 2. The highest BCUT2D eigenvalue weighted by atomic mass is 32.1. The standard InChI is InChI=1S/C29H26N4O2S/c1-16(2)27(34)33-29-32-25-14-20(11-12-26(25)36-29)30-28(35)22-15-24(19-10-9-17(3)18(4)13-19)31-23-8-6-5-7-21(22)23/h5-16H,1-4H3,(H,30,35)(H,32,33,34). The Morgan fingerprint density at radius 3 is 2.42 bits per heavy atom. The molecule has 0 saturated carbocycles.